The van der Waals surface area contributed by atoms with Gasteiger partial charge in [-0.2, -0.15) is 0 Å². The SMILES string of the molecule is Cc1ccccc1CC(=O)NC(C)(CBr)CBr. The molecule has 0 spiro atoms. The number of alkyl halides is 2. The van der Waals surface area contributed by atoms with E-state index in [0.29, 0.717) is 6.42 Å². The largest absolute Gasteiger partial charge is 0.349 e. The van der Waals surface area contributed by atoms with Crippen LogP contribution < -0.4 is 5.32 Å². The molecule has 2 nitrogen and oxygen atoms in total. The van der Waals surface area contributed by atoms with Gasteiger partial charge in [0, 0.05) is 10.7 Å². The Morgan fingerprint density at radius 2 is 1.88 bits per heavy atom. The number of hydrogen-bond donors (Lipinski definition) is 1. The van der Waals surface area contributed by atoms with Gasteiger partial charge in [-0.15, -0.1) is 0 Å². The van der Waals surface area contributed by atoms with Crippen molar-refractivity contribution < 1.29 is 4.79 Å². The van der Waals surface area contributed by atoms with Crippen LogP contribution in [0.4, 0.5) is 0 Å². The maximum Gasteiger partial charge on any atom is 0.224 e. The lowest BCUT2D eigenvalue weighted by Gasteiger charge is -2.26. The molecule has 0 heterocycles. The van der Waals surface area contributed by atoms with E-state index in [1.807, 2.05) is 38.1 Å². The van der Waals surface area contributed by atoms with E-state index in [2.05, 4.69) is 37.2 Å². The monoisotopic (exact) mass is 361 g/mol. The van der Waals surface area contributed by atoms with Crippen molar-refractivity contribution >= 4 is 37.8 Å². The number of benzene rings is 1. The Morgan fingerprint density at radius 1 is 1.29 bits per heavy atom. The lowest BCUT2D eigenvalue weighted by atomic mass is 10.0. The minimum absolute atomic E-state index is 0.0562. The molecule has 1 N–H and O–H groups in total. The molecule has 0 aliphatic heterocycles. The summed E-state index contributed by atoms with van der Waals surface area (Å²) in [4.78, 5) is 11.9. The van der Waals surface area contributed by atoms with Crippen LogP contribution >= 0.6 is 31.9 Å². The van der Waals surface area contributed by atoms with E-state index >= 15 is 0 Å². The van der Waals surface area contributed by atoms with Gasteiger partial charge in [-0.1, -0.05) is 56.1 Å². The van der Waals surface area contributed by atoms with E-state index in [9.17, 15) is 4.79 Å². The molecule has 1 amide bonds. The van der Waals surface area contributed by atoms with Crippen molar-refractivity contribution in [2.24, 2.45) is 0 Å². The Balaban J connectivity index is 2.65. The zero-order chi connectivity index (χ0) is 12.9. The Morgan fingerprint density at radius 3 is 2.41 bits per heavy atom. The first-order chi connectivity index (χ1) is 8.00. The molecule has 0 saturated carbocycles. The van der Waals surface area contributed by atoms with Crippen LogP contribution in [0.2, 0.25) is 0 Å². The number of nitrogens with one attached hydrogen (secondary N) is 1. The molecule has 0 atom stereocenters. The summed E-state index contributed by atoms with van der Waals surface area (Å²) in [6.07, 6.45) is 0.433. The van der Waals surface area contributed by atoms with E-state index in [1.165, 1.54) is 0 Å². The Bertz CT molecular complexity index is 389. The molecule has 1 aromatic carbocycles. The van der Waals surface area contributed by atoms with Crippen LogP contribution in [0.15, 0.2) is 24.3 Å². The Kier molecular flexibility index (Phi) is 5.67. The molecule has 1 aromatic rings. The number of hydrogen-bond acceptors (Lipinski definition) is 1. The molecule has 0 bridgehead atoms. The van der Waals surface area contributed by atoms with Gasteiger partial charge in [-0.25, -0.2) is 0 Å². The highest BCUT2D eigenvalue weighted by Gasteiger charge is 2.23. The van der Waals surface area contributed by atoms with Gasteiger partial charge in [0.25, 0.3) is 0 Å². The average molecular weight is 363 g/mol. The highest BCUT2D eigenvalue weighted by atomic mass is 79.9. The average Bonchev–Trinajstić information content (AvgIpc) is 2.32. The molecule has 94 valence electrons. The van der Waals surface area contributed by atoms with Crippen LogP contribution in [0, 0.1) is 6.92 Å². The fourth-order valence-corrected chi connectivity index (χ4v) is 2.67. The predicted molar refractivity (Wildman–Crippen MR) is 79.0 cm³/mol. The second-order valence-electron chi connectivity index (χ2n) is 4.48. The third kappa shape index (κ3) is 4.43. The highest BCUT2D eigenvalue weighted by Crippen LogP contribution is 2.13. The molecular formula is C13H17Br2NO. The van der Waals surface area contributed by atoms with Crippen LogP contribution in [-0.2, 0) is 11.2 Å². The molecule has 0 aliphatic carbocycles. The number of carbonyl (C=O) groups excluding carboxylic acids is 1. The summed E-state index contributed by atoms with van der Waals surface area (Å²) in [5.74, 6) is 0.0562. The molecule has 0 aliphatic rings. The highest BCUT2D eigenvalue weighted by molar-refractivity contribution is 9.09. The smallest absolute Gasteiger partial charge is 0.224 e. The summed E-state index contributed by atoms with van der Waals surface area (Å²) >= 11 is 6.83. The first kappa shape index (κ1) is 14.7. The van der Waals surface area contributed by atoms with Gasteiger partial charge in [-0.3, -0.25) is 4.79 Å². The van der Waals surface area contributed by atoms with Crippen molar-refractivity contribution in [3.63, 3.8) is 0 Å². The van der Waals surface area contributed by atoms with E-state index < -0.39 is 0 Å². The third-order valence-electron chi connectivity index (χ3n) is 2.64. The van der Waals surface area contributed by atoms with Crippen molar-refractivity contribution in [2.75, 3.05) is 10.7 Å². The molecule has 0 saturated heterocycles. The number of halogens is 2. The standard InChI is InChI=1S/C13H17Br2NO/c1-10-5-3-4-6-11(10)7-12(17)16-13(2,8-14)9-15/h3-6H,7-9H2,1-2H3,(H,16,17). The minimum atomic E-state index is -0.236. The molecule has 0 unspecified atom stereocenters. The van der Waals surface area contributed by atoms with E-state index in [-0.39, 0.29) is 11.4 Å². The van der Waals surface area contributed by atoms with Crippen LogP contribution in [0.5, 0.6) is 0 Å². The van der Waals surface area contributed by atoms with Gasteiger partial charge in [0.15, 0.2) is 0 Å². The quantitative estimate of drug-likeness (QED) is 0.800. The van der Waals surface area contributed by atoms with Gasteiger partial charge in [0.2, 0.25) is 5.91 Å². The third-order valence-corrected chi connectivity index (χ3v) is 5.12. The van der Waals surface area contributed by atoms with Crippen molar-refractivity contribution in [1.29, 1.82) is 0 Å². The van der Waals surface area contributed by atoms with Crippen LogP contribution in [0.1, 0.15) is 18.1 Å². The van der Waals surface area contributed by atoms with Gasteiger partial charge >= 0.3 is 0 Å². The number of aryl methyl sites for hydroxylation is 1. The van der Waals surface area contributed by atoms with Crippen molar-refractivity contribution in [2.45, 2.75) is 25.8 Å². The number of carbonyl (C=O) groups is 1. The number of rotatable bonds is 5. The van der Waals surface area contributed by atoms with E-state index in [4.69, 9.17) is 0 Å². The van der Waals surface area contributed by atoms with Crippen molar-refractivity contribution in [3.8, 4) is 0 Å². The molecular weight excluding hydrogens is 346 g/mol. The normalized spacial score (nSPS) is 11.3. The summed E-state index contributed by atoms with van der Waals surface area (Å²) in [7, 11) is 0. The fourth-order valence-electron chi connectivity index (χ4n) is 1.46. The Labute approximate surface area is 119 Å². The van der Waals surface area contributed by atoms with Gasteiger partial charge < -0.3 is 5.32 Å². The van der Waals surface area contributed by atoms with E-state index in [0.717, 1.165) is 21.8 Å². The summed E-state index contributed by atoms with van der Waals surface area (Å²) < 4.78 is 0. The Hall–Kier alpha value is -0.350. The lowest BCUT2D eigenvalue weighted by Crippen LogP contribution is -2.49. The lowest BCUT2D eigenvalue weighted by molar-refractivity contribution is -0.121. The van der Waals surface area contributed by atoms with Crippen LogP contribution in [0.3, 0.4) is 0 Å². The van der Waals surface area contributed by atoms with Gasteiger partial charge in [-0.05, 0) is 25.0 Å². The second kappa shape index (κ2) is 6.55. The molecule has 0 radical (unpaired) electrons. The van der Waals surface area contributed by atoms with Crippen LogP contribution in [0.25, 0.3) is 0 Å². The maximum absolute atomic E-state index is 11.9. The fraction of sp³-hybridized carbons (Fsp3) is 0.462. The molecule has 1 rings (SSSR count). The number of amides is 1. The summed E-state index contributed by atoms with van der Waals surface area (Å²) in [5.41, 5.74) is 2.00. The summed E-state index contributed by atoms with van der Waals surface area (Å²) in [5, 5.41) is 4.49. The van der Waals surface area contributed by atoms with Gasteiger partial charge in [0.1, 0.15) is 0 Å². The summed E-state index contributed by atoms with van der Waals surface area (Å²) in [6, 6.07) is 7.97. The topological polar surface area (TPSA) is 29.1 Å². The van der Waals surface area contributed by atoms with Crippen LogP contribution in [-0.4, -0.2) is 22.1 Å². The first-order valence-corrected chi connectivity index (χ1v) is 7.72. The van der Waals surface area contributed by atoms with E-state index in [1.54, 1.807) is 0 Å². The zero-order valence-corrected chi connectivity index (χ0v) is 13.3. The van der Waals surface area contributed by atoms with Crippen molar-refractivity contribution in [1.82, 2.24) is 5.32 Å². The van der Waals surface area contributed by atoms with Gasteiger partial charge in [0.05, 0.1) is 12.0 Å². The van der Waals surface area contributed by atoms with Crippen molar-refractivity contribution in [3.05, 3.63) is 35.4 Å². The second-order valence-corrected chi connectivity index (χ2v) is 5.60. The molecule has 0 fully saturated rings. The predicted octanol–water partition coefficient (Wildman–Crippen LogP) is 3.20. The minimum Gasteiger partial charge on any atom is -0.349 e. The maximum atomic E-state index is 11.9. The summed E-state index contributed by atoms with van der Waals surface area (Å²) in [6.45, 7) is 4.03. The molecule has 17 heavy (non-hydrogen) atoms. The molecule has 0 aromatic heterocycles. The molecule has 4 heteroatoms. The first-order valence-electron chi connectivity index (χ1n) is 5.48. The zero-order valence-electron chi connectivity index (χ0n) is 10.1.